The van der Waals surface area contributed by atoms with Gasteiger partial charge in [-0.2, -0.15) is 0 Å². The summed E-state index contributed by atoms with van der Waals surface area (Å²) in [5.41, 5.74) is 3.69. The van der Waals surface area contributed by atoms with Gasteiger partial charge >= 0.3 is 0 Å². The van der Waals surface area contributed by atoms with Crippen molar-refractivity contribution >= 4 is 17.9 Å². The van der Waals surface area contributed by atoms with Gasteiger partial charge < -0.3 is 0 Å². The van der Waals surface area contributed by atoms with Crippen LogP contribution in [0.4, 0.5) is 0 Å². The molecule has 0 saturated carbocycles. The highest BCUT2D eigenvalue weighted by atomic mass is 32.3. The Bertz CT molecular complexity index is 595. The van der Waals surface area contributed by atoms with E-state index in [1.54, 1.807) is 0 Å². The summed E-state index contributed by atoms with van der Waals surface area (Å²) < 4.78 is 0. The SMILES string of the molecule is BC(C)(C)c1cc(-c2ccccc2)ncc1S(C)(C)C. The average molecular weight is 285 g/mol. The van der Waals surface area contributed by atoms with Crippen molar-refractivity contribution in [3.05, 3.63) is 48.2 Å². The Hall–Kier alpha value is -1.22. The zero-order valence-electron chi connectivity index (χ0n) is 13.4. The molecule has 3 heteroatoms. The van der Waals surface area contributed by atoms with Gasteiger partial charge in [-0.05, 0) is 35.7 Å². The van der Waals surface area contributed by atoms with Crippen LogP contribution in [0.2, 0.25) is 0 Å². The Balaban J connectivity index is 2.62. The van der Waals surface area contributed by atoms with Crippen molar-refractivity contribution in [1.82, 2.24) is 4.98 Å². The Kier molecular flexibility index (Phi) is 4.01. The van der Waals surface area contributed by atoms with Crippen LogP contribution in [0, 0.1) is 0 Å². The summed E-state index contributed by atoms with van der Waals surface area (Å²) in [6.07, 6.45) is 9.10. The third kappa shape index (κ3) is 3.27. The van der Waals surface area contributed by atoms with Gasteiger partial charge in [-0.3, -0.25) is 4.98 Å². The first kappa shape index (κ1) is 15.2. The predicted molar refractivity (Wildman–Crippen MR) is 94.9 cm³/mol. The first-order valence-electron chi connectivity index (χ1n) is 6.94. The lowest BCUT2D eigenvalue weighted by Gasteiger charge is -2.33. The molecule has 0 aliphatic rings. The lowest BCUT2D eigenvalue weighted by molar-refractivity contribution is 0.740. The quantitative estimate of drug-likeness (QED) is 0.784. The van der Waals surface area contributed by atoms with Gasteiger partial charge in [-0.25, -0.2) is 10.0 Å². The molecule has 2 aromatic rings. The Morgan fingerprint density at radius 2 is 1.65 bits per heavy atom. The molecule has 0 spiro atoms. The van der Waals surface area contributed by atoms with Crippen LogP contribution in [0.3, 0.4) is 0 Å². The van der Waals surface area contributed by atoms with Crippen LogP contribution in [-0.2, 0) is 5.31 Å². The van der Waals surface area contributed by atoms with Gasteiger partial charge in [0.25, 0.3) is 0 Å². The van der Waals surface area contributed by atoms with Crippen molar-refractivity contribution in [2.24, 2.45) is 0 Å². The zero-order chi connectivity index (χ0) is 15.0. The molecule has 0 bridgehead atoms. The van der Waals surface area contributed by atoms with Crippen molar-refractivity contribution in [2.75, 3.05) is 18.8 Å². The van der Waals surface area contributed by atoms with Gasteiger partial charge in [0, 0.05) is 16.7 Å². The number of benzene rings is 1. The first-order valence-corrected chi connectivity index (χ1v) is 9.80. The summed E-state index contributed by atoms with van der Waals surface area (Å²) >= 11 is 0. The normalized spacial score (nSPS) is 13.2. The van der Waals surface area contributed by atoms with E-state index in [0.29, 0.717) is 0 Å². The average Bonchev–Trinajstić information content (AvgIpc) is 2.37. The molecule has 0 amide bonds. The van der Waals surface area contributed by atoms with Crippen molar-refractivity contribution in [3.8, 4) is 11.3 Å². The van der Waals surface area contributed by atoms with E-state index >= 15 is 0 Å². The molecule has 1 nitrogen and oxygen atoms in total. The smallest absolute Gasteiger partial charge is 0.114 e. The summed E-state index contributed by atoms with van der Waals surface area (Å²) in [5, 5.41) is 0.141. The number of rotatable bonds is 3. The van der Waals surface area contributed by atoms with Crippen LogP contribution in [0.25, 0.3) is 11.3 Å². The van der Waals surface area contributed by atoms with E-state index in [0.717, 1.165) is 5.69 Å². The van der Waals surface area contributed by atoms with E-state index in [2.05, 4.69) is 77.0 Å². The number of aromatic nitrogens is 1. The molecule has 2 rings (SSSR count). The van der Waals surface area contributed by atoms with E-state index in [4.69, 9.17) is 4.98 Å². The fourth-order valence-corrected chi connectivity index (χ4v) is 3.68. The fourth-order valence-electron chi connectivity index (χ4n) is 2.28. The Morgan fingerprint density at radius 3 is 2.15 bits per heavy atom. The van der Waals surface area contributed by atoms with Crippen molar-refractivity contribution in [3.63, 3.8) is 0 Å². The third-order valence-corrected chi connectivity index (χ3v) is 5.05. The predicted octanol–water partition coefficient (Wildman–Crippen LogP) is 3.67. The summed E-state index contributed by atoms with van der Waals surface area (Å²) in [5.74, 6) is 0. The van der Waals surface area contributed by atoms with Gasteiger partial charge in [-0.1, -0.05) is 44.2 Å². The van der Waals surface area contributed by atoms with Gasteiger partial charge in [0.2, 0.25) is 0 Å². The highest BCUT2D eigenvalue weighted by Gasteiger charge is 2.23. The minimum absolute atomic E-state index is 0.141. The molecular weight excluding hydrogens is 261 g/mol. The number of nitrogens with zero attached hydrogens (tertiary/aromatic N) is 1. The maximum Gasteiger partial charge on any atom is 0.114 e. The molecule has 20 heavy (non-hydrogen) atoms. The van der Waals surface area contributed by atoms with Crippen molar-refractivity contribution in [2.45, 2.75) is 24.1 Å². The summed E-state index contributed by atoms with van der Waals surface area (Å²) in [6, 6.07) is 12.7. The van der Waals surface area contributed by atoms with Gasteiger partial charge in [-0.15, -0.1) is 0 Å². The highest BCUT2D eigenvalue weighted by Crippen LogP contribution is 2.49. The number of pyridine rings is 1. The first-order chi connectivity index (χ1) is 9.19. The monoisotopic (exact) mass is 285 g/mol. The molecule has 0 radical (unpaired) electrons. The molecule has 0 aliphatic heterocycles. The van der Waals surface area contributed by atoms with Crippen LogP contribution >= 0.6 is 10.0 Å². The van der Waals surface area contributed by atoms with Gasteiger partial charge in [0.05, 0.1) is 5.69 Å². The maximum absolute atomic E-state index is 4.71. The second-order valence-electron chi connectivity index (χ2n) is 7.02. The van der Waals surface area contributed by atoms with E-state index in [9.17, 15) is 0 Å². The number of hydrogen-bond acceptors (Lipinski definition) is 1. The third-order valence-electron chi connectivity index (χ3n) is 3.40. The largest absolute Gasteiger partial charge is 0.255 e. The standard InChI is InChI=1S/C17H24BNS/c1-17(2,18)14-11-15(13-9-7-6-8-10-13)19-12-16(14)20(3,4)5/h6-12H,18H2,1-5H3. The molecule has 0 fully saturated rings. The van der Waals surface area contributed by atoms with Gasteiger partial charge in [0.15, 0.2) is 0 Å². The van der Waals surface area contributed by atoms with Gasteiger partial charge in [0.1, 0.15) is 7.85 Å². The van der Waals surface area contributed by atoms with Crippen LogP contribution in [0.1, 0.15) is 19.4 Å². The van der Waals surface area contributed by atoms with Crippen LogP contribution < -0.4 is 0 Å². The summed E-state index contributed by atoms with van der Waals surface area (Å²) in [4.78, 5) is 6.13. The molecule has 0 aliphatic carbocycles. The molecule has 106 valence electrons. The molecule has 1 aromatic heterocycles. The fraction of sp³-hybridized carbons (Fsp3) is 0.353. The highest BCUT2D eigenvalue weighted by molar-refractivity contribution is 8.32. The van der Waals surface area contributed by atoms with E-state index < -0.39 is 10.0 Å². The van der Waals surface area contributed by atoms with Crippen LogP contribution in [0.15, 0.2) is 47.5 Å². The molecule has 1 aromatic carbocycles. The summed E-state index contributed by atoms with van der Waals surface area (Å²) in [6.45, 7) is 4.57. The minimum Gasteiger partial charge on any atom is -0.255 e. The van der Waals surface area contributed by atoms with Crippen LogP contribution in [0.5, 0.6) is 0 Å². The summed E-state index contributed by atoms with van der Waals surface area (Å²) in [7, 11) is 1.51. The molecule has 1 heterocycles. The second kappa shape index (κ2) is 5.29. The molecule has 0 atom stereocenters. The maximum atomic E-state index is 4.71. The Labute approximate surface area is 125 Å². The zero-order valence-corrected chi connectivity index (χ0v) is 14.2. The van der Waals surface area contributed by atoms with Crippen molar-refractivity contribution < 1.29 is 0 Å². The second-order valence-corrected chi connectivity index (χ2v) is 11.1. The molecule has 0 N–H and O–H groups in total. The molecular formula is C17H24BNS. The number of hydrogen-bond donors (Lipinski definition) is 0. The lowest BCUT2D eigenvalue weighted by Crippen LogP contribution is -2.20. The Morgan fingerprint density at radius 1 is 1.05 bits per heavy atom. The van der Waals surface area contributed by atoms with E-state index in [1.807, 2.05) is 6.07 Å². The van der Waals surface area contributed by atoms with E-state index in [-0.39, 0.29) is 5.31 Å². The molecule has 0 unspecified atom stereocenters. The van der Waals surface area contributed by atoms with Crippen molar-refractivity contribution in [1.29, 1.82) is 0 Å². The van der Waals surface area contributed by atoms with Crippen LogP contribution in [-0.4, -0.2) is 31.6 Å². The topological polar surface area (TPSA) is 12.9 Å². The van der Waals surface area contributed by atoms with E-state index in [1.165, 1.54) is 16.0 Å². The minimum atomic E-state index is -0.778. The molecule has 0 saturated heterocycles. The lowest BCUT2D eigenvalue weighted by atomic mass is 9.67.